The third kappa shape index (κ3) is 4.78. The molecular formula is C52H34O. The summed E-state index contributed by atoms with van der Waals surface area (Å²) in [5.74, 6) is 0. The molecule has 53 heavy (non-hydrogen) atoms. The lowest BCUT2D eigenvalue weighted by Crippen LogP contribution is -2.00. The first-order valence-electron chi connectivity index (χ1n) is 18.6. The van der Waals surface area contributed by atoms with Gasteiger partial charge in [0, 0.05) is 16.3 Å². The topological polar surface area (TPSA) is 13.1 Å². The molecule has 0 saturated carbocycles. The summed E-state index contributed by atoms with van der Waals surface area (Å²) in [5.41, 5.74) is 14.6. The van der Waals surface area contributed by atoms with E-state index in [0.717, 1.165) is 45.9 Å². The Morgan fingerprint density at radius 3 is 1.68 bits per heavy atom. The SMILES string of the molecule is C1=C(c2cccc(-c3c4ccccc4c(-c4ccc5cc(-c6cccc7c6oc6ccccc67)ccc5c4)c4ccccc34)c2)c2ccccc2CC1. The van der Waals surface area contributed by atoms with Crippen LogP contribution in [0.3, 0.4) is 0 Å². The molecule has 0 aliphatic heterocycles. The molecule has 1 aliphatic carbocycles. The molecule has 0 radical (unpaired) electrons. The van der Waals surface area contributed by atoms with Crippen molar-refractivity contribution in [2.24, 2.45) is 0 Å². The third-order valence-corrected chi connectivity index (χ3v) is 11.3. The van der Waals surface area contributed by atoms with Gasteiger partial charge in [-0.15, -0.1) is 0 Å². The van der Waals surface area contributed by atoms with Crippen LogP contribution < -0.4 is 0 Å². The van der Waals surface area contributed by atoms with Gasteiger partial charge in [0.15, 0.2) is 0 Å². The standard InChI is InChI=1S/C52H34O/c1-2-16-40-33(12-1)13-10-22-41(40)36-14-9-15-38(32-36)50-44-18-3-5-20-46(44)51(47-21-6-4-19-45(47)50)39-29-27-34-30-37(28-26-35(34)31-39)42-23-11-24-48-43-17-7-8-25-49(43)53-52(42)48/h1-9,11-12,14-32H,10,13H2. The van der Waals surface area contributed by atoms with E-state index in [2.05, 4.69) is 170 Å². The minimum absolute atomic E-state index is 0.922. The van der Waals surface area contributed by atoms with Crippen LogP contribution in [-0.2, 0) is 6.42 Å². The molecule has 0 unspecified atom stereocenters. The Balaban J connectivity index is 1.06. The fraction of sp³-hybridized carbons (Fsp3) is 0.0385. The van der Waals surface area contributed by atoms with E-state index >= 15 is 0 Å². The molecule has 248 valence electrons. The lowest BCUT2D eigenvalue weighted by molar-refractivity contribution is 0.670. The fourth-order valence-electron chi connectivity index (χ4n) is 8.89. The molecule has 1 nitrogen and oxygen atoms in total. The fourth-order valence-corrected chi connectivity index (χ4v) is 8.89. The molecule has 1 heterocycles. The summed E-state index contributed by atoms with van der Waals surface area (Å²) in [6.07, 6.45) is 4.59. The average molecular weight is 675 g/mol. The van der Waals surface area contributed by atoms with Gasteiger partial charge >= 0.3 is 0 Å². The van der Waals surface area contributed by atoms with Crippen molar-refractivity contribution in [3.8, 4) is 33.4 Å². The van der Waals surface area contributed by atoms with E-state index in [1.807, 2.05) is 12.1 Å². The van der Waals surface area contributed by atoms with Crippen LogP contribution >= 0.6 is 0 Å². The second kappa shape index (κ2) is 11.9. The second-order valence-electron chi connectivity index (χ2n) is 14.3. The van der Waals surface area contributed by atoms with Crippen molar-refractivity contribution in [2.45, 2.75) is 12.8 Å². The summed E-state index contributed by atoms with van der Waals surface area (Å²) in [6.45, 7) is 0. The Morgan fingerprint density at radius 1 is 0.377 bits per heavy atom. The minimum Gasteiger partial charge on any atom is -0.455 e. The van der Waals surface area contributed by atoms with Crippen molar-refractivity contribution < 1.29 is 4.42 Å². The van der Waals surface area contributed by atoms with Crippen LogP contribution in [-0.4, -0.2) is 0 Å². The predicted molar refractivity (Wildman–Crippen MR) is 224 cm³/mol. The van der Waals surface area contributed by atoms with Gasteiger partial charge in [-0.05, 0) is 120 Å². The van der Waals surface area contributed by atoms with Crippen molar-refractivity contribution in [3.05, 3.63) is 199 Å². The molecule has 0 atom stereocenters. The summed E-state index contributed by atoms with van der Waals surface area (Å²) in [6, 6.07) is 64.5. The lowest BCUT2D eigenvalue weighted by Gasteiger charge is -2.20. The van der Waals surface area contributed by atoms with E-state index in [0.29, 0.717) is 0 Å². The maximum absolute atomic E-state index is 6.40. The highest BCUT2D eigenvalue weighted by molar-refractivity contribution is 6.22. The van der Waals surface area contributed by atoms with E-state index in [1.54, 1.807) is 0 Å². The smallest absolute Gasteiger partial charge is 0.143 e. The molecule has 1 heteroatoms. The van der Waals surface area contributed by atoms with Crippen LogP contribution in [0, 0.1) is 0 Å². The Kier molecular flexibility index (Phi) is 6.75. The van der Waals surface area contributed by atoms with Crippen molar-refractivity contribution in [3.63, 3.8) is 0 Å². The molecule has 9 aromatic carbocycles. The van der Waals surface area contributed by atoms with Gasteiger partial charge in [0.05, 0.1) is 0 Å². The second-order valence-corrected chi connectivity index (χ2v) is 14.3. The molecule has 1 aliphatic rings. The first kappa shape index (κ1) is 30.0. The van der Waals surface area contributed by atoms with Crippen molar-refractivity contribution in [2.75, 3.05) is 0 Å². The summed E-state index contributed by atoms with van der Waals surface area (Å²) in [4.78, 5) is 0. The van der Waals surface area contributed by atoms with Gasteiger partial charge in [0.2, 0.25) is 0 Å². The average Bonchev–Trinajstić information content (AvgIpc) is 3.61. The number of para-hydroxylation sites is 2. The number of benzene rings is 9. The highest BCUT2D eigenvalue weighted by atomic mass is 16.3. The summed E-state index contributed by atoms with van der Waals surface area (Å²) in [5, 5.41) is 9.80. The molecule has 10 aromatic rings. The van der Waals surface area contributed by atoms with Gasteiger partial charge in [0.1, 0.15) is 11.2 Å². The van der Waals surface area contributed by atoms with E-state index in [-0.39, 0.29) is 0 Å². The summed E-state index contributed by atoms with van der Waals surface area (Å²) < 4.78 is 6.40. The summed E-state index contributed by atoms with van der Waals surface area (Å²) in [7, 11) is 0. The zero-order valence-corrected chi connectivity index (χ0v) is 29.1. The Bertz CT molecular complexity index is 3060. The monoisotopic (exact) mass is 674 g/mol. The number of allylic oxidation sites excluding steroid dienone is 1. The Hall–Kier alpha value is -6.70. The van der Waals surface area contributed by atoms with E-state index < -0.39 is 0 Å². The van der Waals surface area contributed by atoms with Gasteiger partial charge < -0.3 is 4.42 Å². The lowest BCUT2D eigenvalue weighted by atomic mass is 9.83. The maximum Gasteiger partial charge on any atom is 0.143 e. The number of rotatable bonds is 4. The van der Waals surface area contributed by atoms with Crippen LogP contribution in [0.2, 0.25) is 0 Å². The van der Waals surface area contributed by atoms with Crippen LogP contribution in [0.4, 0.5) is 0 Å². The molecule has 0 N–H and O–H groups in total. The molecule has 0 bridgehead atoms. The van der Waals surface area contributed by atoms with Crippen molar-refractivity contribution in [1.29, 1.82) is 0 Å². The van der Waals surface area contributed by atoms with Gasteiger partial charge in [-0.1, -0.05) is 158 Å². The van der Waals surface area contributed by atoms with Crippen LogP contribution in [0.1, 0.15) is 23.1 Å². The molecule has 0 saturated heterocycles. The van der Waals surface area contributed by atoms with Crippen molar-refractivity contribution >= 4 is 59.8 Å². The first-order chi connectivity index (χ1) is 26.3. The number of hydrogen-bond donors (Lipinski definition) is 0. The zero-order chi connectivity index (χ0) is 34.9. The number of hydrogen-bond acceptors (Lipinski definition) is 1. The van der Waals surface area contributed by atoms with E-state index in [9.17, 15) is 0 Å². The first-order valence-corrected chi connectivity index (χ1v) is 18.6. The molecule has 11 rings (SSSR count). The quantitative estimate of drug-likeness (QED) is 0.169. The van der Waals surface area contributed by atoms with Gasteiger partial charge in [-0.3, -0.25) is 0 Å². The van der Waals surface area contributed by atoms with Gasteiger partial charge in [-0.25, -0.2) is 0 Å². The number of furan rings is 1. The van der Waals surface area contributed by atoms with Crippen LogP contribution in [0.5, 0.6) is 0 Å². The molecule has 0 fully saturated rings. The normalized spacial score (nSPS) is 12.9. The van der Waals surface area contributed by atoms with Gasteiger partial charge in [-0.2, -0.15) is 0 Å². The molecule has 1 aromatic heterocycles. The largest absolute Gasteiger partial charge is 0.455 e. The minimum atomic E-state index is 0.922. The highest BCUT2D eigenvalue weighted by Gasteiger charge is 2.19. The zero-order valence-electron chi connectivity index (χ0n) is 29.1. The predicted octanol–water partition coefficient (Wildman–Crippen LogP) is 14.4. The Labute approximate surface area is 308 Å². The van der Waals surface area contributed by atoms with Crippen molar-refractivity contribution in [1.82, 2.24) is 0 Å². The molecular weight excluding hydrogens is 641 g/mol. The maximum atomic E-state index is 6.40. The summed E-state index contributed by atoms with van der Waals surface area (Å²) >= 11 is 0. The number of aryl methyl sites for hydroxylation is 1. The van der Waals surface area contributed by atoms with Gasteiger partial charge in [0.25, 0.3) is 0 Å². The molecule has 0 spiro atoms. The number of fused-ring (bicyclic) bond motifs is 7. The van der Waals surface area contributed by atoms with E-state index in [1.165, 1.54) is 76.8 Å². The van der Waals surface area contributed by atoms with Crippen LogP contribution in [0.25, 0.3) is 93.2 Å². The van der Waals surface area contributed by atoms with Crippen LogP contribution in [0.15, 0.2) is 186 Å². The molecule has 0 amide bonds. The third-order valence-electron chi connectivity index (χ3n) is 11.3. The van der Waals surface area contributed by atoms with E-state index in [4.69, 9.17) is 4.42 Å². The Morgan fingerprint density at radius 2 is 0.925 bits per heavy atom. The highest BCUT2D eigenvalue weighted by Crippen LogP contribution is 2.45.